The molecule has 1 aliphatic rings. The first-order valence-corrected chi connectivity index (χ1v) is 10.5. The van der Waals surface area contributed by atoms with Gasteiger partial charge >= 0.3 is 12.1 Å². The van der Waals surface area contributed by atoms with Crippen molar-refractivity contribution in [3.63, 3.8) is 0 Å². The first-order chi connectivity index (χ1) is 16.4. The molecule has 2 aromatic carbocycles. The number of benzene rings is 2. The molecule has 3 rings (SSSR count). The third-order valence-electron chi connectivity index (χ3n) is 5.45. The Hall–Kier alpha value is -4.08. The van der Waals surface area contributed by atoms with E-state index in [1.807, 2.05) is 6.07 Å². The number of carbonyl (C=O) groups excluding carboxylic acids is 4. The molecule has 10 nitrogen and oxygen atoms in total. The minimum absolute atomic E-state index is 0.0263. The zero-order valence-electron chi connectivity index (χ0n) is 19.1. The predicted octanol–water partition coefficient (Wildman–Crippen LogP) is 2.05. The number of amides is 3. The Morgan fingerprint density at radius 3 is 2.44 bits per heavy atom. The van der Waals surface area contributed by atoms with E-state index in [-0.39, 0.29) is 19.6 Å². The molecule has 1 aliphatic heterocycles. The molecule has 0 radical (unpaired) electrons. The minimum Gasteiger partial charge on any atom is -0.497 e. The number of carbonyl (C=O) groups is 4. The van der Waals surface area contributed by atoms with Crippen molar-refractivity contribution in [1.29, 1.82) is 0 Å². The quantitative estimate of drug-likeness (QED) is 0.437. The average molecular weight is 470 g/mol. The van der Waals surface area contributed by atoms with Gasteiger partial charge < -0.3 is 24.3 Å². The molecular formula is C24H26N2O8. The van der Waals surface area contributed by atoms with Crippen LogP contribution in [0.5, 0.6) is 11.5 Å². The van der Waals surface area contributed by atoms with Gasteiger partial charge in [0.15, 0.2) is 0 Å². The number of nitrogens with zero attached hydrogens (tertiary/aromatic N) is 1. The fraction of sp³-hybridized carbons (Fsp3) is 0.333. The number of imide groups is 1. The van der Waals surface area contributed by atoms with E-state index in [1.165, 1.54) is 14.2 Å². The summed E-state index contributed by atoms with van der Waals surface area (Å²) in [7, 11) is 4.11. The lowest BCUT2D eigenvalue weighted by molar-refractivity contribution is -0.148. The molecule has 2 aromatic rings. The van der Waals surface area contributed by atoms with E-state index in [2.05, 4.69) is 5.32 Å². The first-order valence-electron chi connectivity index (χ1n) is 10.5. The lowest BCUT2D eigenvalue weighted by atomic mass is 9.98. The first kappa shape index (κ1) is 24.6. The molecule has 0 spiro atoms. The Labute approximate surface area is 196 Å². The van der Waals surface area contributed by atoms with E-state index >= 15 is 0 Å². The van der Waals surface area contributed by atoms with Gasteiger partial charge in [0.25, 0.3) is 0 Å². The highest BCUT2D eigenvalue weighted by Crippen LogP contribution is 2.30. The Bertz CT molecular complexity index is 1060. The van der Waals surface area contributed by atoms with Crippen molar-refractivity contribution >= 4 is 23.9 Å². The van der Waals surface area contributed by atoms with Crippen LogP contribution in [-0.2, 0) is 37.0 Å². The highest BCUT2D eigenvalue weighted by Gasteiger charge is 2.47. The second kappa shape index (κ2) is 11.2. The summed E-state index contributed by atoms with van der Waals surface area (Å²) in [5.74, 6) is -2.08. The van der Waals surface area contributed by atoms with Gasteiger partial charge in [0.2, 0.25) is 11.8 Å². The number of ether oxygens (including phenoxy) is 4. The van der Waals surface area contributed by atoms with Gasteiger partial charge in [-0.25, -0.2) is 9.59 Å². The molecular weight excluding hydrogens is 444 g/mol. The van der Waals surface area contributed by atoms with Crippen LogP contribution < -0.4 is 14.8 Å². The Morgan fingerprint density at radius 2 is 1.79 bits per heavy atom. The van der Waals surface area contributed by atoms with Gasteiger partial charge in [0, 0.05) is 18.1 Å². The van der Waals surface area contributed by atoms with Crippen LogP contribution in [0.4, 0.5) is 4.79 Å². The van der Waals surface area contributed by atoms with E-state index in [9.17, 15) is 19.2 Å². The van der Waals surface area contributed by atoms with Crippen molar-refractivity contribution in [2.45, 2.75) is 25.6 Å². The summed E-state index contributed by atoms with van der Waals surface area (Å²) in [6.45, 7) is -0.0881. The van der Waals surface area contributed by atoms with Gasteiger partial charge in [0.05, 0.1) is 33.8 Å². The Morgan fingerprint density at radius 1 is 1.06 bits per heavy atom. The maximum Gasteiger partial charge on any atom is 0.408 e. The van der Waals surface area contributed by atoms with Gasteiger partial charge in [-0.1, -0.05) is 30.3 Å². The molecule has 0 aliphatic carbocycles. The van der Waals surface area contributed by atoms with Crippen LogP contribution in [0.1, 0.15) is 17.5 Å². The molecule has 1 fully saturated rings. The highest BCUT2D eigenvalue weighted by atomic mass is 16.6. The number of hydrogen-bond donors (Lipinski definition) is 1. The predicted molar refractivity (Wildman–Crippen MR) is 119 cm³/mol. The second-order valence-electron chi connectivity index (χ2n) is 7.51. The maximum atomic E-state index is 13.1. The summed E-state index contributed by atoms with van der Waals surface area (Å²) in [6, 6.07) is 12.6. The van der Waals surface area contributed by atoms with Crippen molar-refractivity contribution in [2.24, 2.45) is 5.92 Å². The smallest absolute Gasteiger partial charge is 0.408 e. The number of hydrogen-bond acceptors (Lipinski definition) is 8. The van der Waals surface area contributed by atoms with E-state index < -0.39 is 35.8 Å². The number of nitrogens with one attached hydrogen (secondary N) is 1. The number of likely N-dealkylation sites (tertiary alicyclic amines) is 1. The average Bonchev–Trinajstić information content (AvgIpc) is 3.14. The molecule has 10 heteroatoms. The summed E-state index contributed by atoms with van der Waals surface area (Å²) in [5.41, 5.74) is 1.33. The van der Waals surface area contributed by atoms with Crippen LogP contribution in [0.25, 0.3) is 0 Å². The van der Waals surface area contributed by atoms with E-state index in [0.717, 1.165) is 17.6 Å². The van der Waals surface area contributed by atoms with Gasteiger partial charge in [-0.2, -0.15) is 0 Å². The molecule has 180 valence electrons. The molecule has 1 saturated heterocycles. The summed E-state index contributed by atoms with van der Waals surface area (Å²) in [4.78, 5) is 51.5. The third-order valence-corrected chi connectivity index (χ3v) is 5.45. The SMILES string of the molecule is COC(=O)C(NC(=O)OCc1ccccc1)C1CC(=O)N(Cc2ccc(OC)cc2OC)C1=O. The molecule has 0 saturated carbocycles. The number of alkyl carbamates (subject to hydrolysis) is 1. The number of esters is 1. The molecule has 1 N–H and O–H groups in total. The van der Waals surface area contributed by atoms with Gasteiger partial charge in [0.1, 0.15) is 24.1 Å². The maximum absolute atomic E-state index is 13.1. The van der Waals surface area contributed by atoms with Gasteiger partial charge in [-0.3, -0.25) is 14.5 Å². The minimum atomic E-state index is -1.38. The third kappa shape index (κ3) is 5.64. The van der Waals surface area contributed by atoms with Crippen LogP contribution in [0.3, 0.4) is 0 Å². The standard InChI is InChI=1S/C24H26N2O8/c1-31-17-10-9-16(19(11-17)32-2)13-26-20(27)12-18(22(26)28)21(23(29)33-3)25-24(30)34-14-15-7-5-4-6-8-15/h4-11,18,21H,12-14H2,1-3H3,(H,25,30). The fourth-order valence-electron chi connectivity index (χ4n) is 3.63. The topological polar surface area (TPSA) is 120 Å². The molecule has 1 heterocycles. The lowest BCUT2D eigenvalue weighted by Gasteiger charge is -2.22. The zero-order chi connectivity index (χ0) is 24.7. The van der Waals surface area contributed by atoms with Crippen molar-refractivity contribution in [1.82, 2.24) is 10.2 Å². The number of rotatable bonds is 9. The van der Waals surface area contributed by atoms with Crippen molar-refractivity contribution < 1.29 is 38.1 Å². The van der Waals surface area contributed by atoms with Crippen molar-refractivity contribution in [2.75, 3.05) is 21.3 Å². The summed E-state index contributed by atoms with van der Waals surface area (Å²) in [6.07, 6.45) is -1.18. The molecule has 3 amide bonds. The fourth-order valence-corrected chi connectivity index (χ4v) is 3.63. The highest BCUT2D eigenvalue weighted by molar-refractivity contribution is 6.06. The molecule has 2 atom stereocenters. The van der Waals surface area contributed by atoms with Crippen LogP contribution in [0.15, 0.2) is 48.5 Å². The normalized spacial score (nSPS) is 16.1. The molecule has 0 aromatic heterocycles. The molecule has 0 bridgehead atoms. The largest absolute Gasteiger partial charge is 0.497 e. The van der Waals surface area contributed by atoms with Gasteiger partial charge in [-0.05, 0) is 17.7 Å². The summed E-state index contributed by atoms with van der Waals surface area (Å²) >= 11 is 0. The number of methoxy groups -OCH3 is 3. The second-order valence-corrected chi connectivity index (χ2v) is 7.51. The monoisotopic (exact) mass is 470 g/mol. The molecule has 34 heavy (non-hydrogen) atoms. The molecule has 2 unspecified atom stereocenters. The van der Waals surface area contributed by atoms with Crippen LogP contribution >= 0.6 is 0 Å². The van der Waals surface area contributed by atoms with Crippen LogP contribution in [0.2, 0.25) is 0 Å². The van der Waals surface area contributed by atoms with E-state index in [0.29, 0.717) is 17.1 Å². The Kier molecular flexibility index (Phi) is 8.07. The van der Waals surface area contributed by atoms with Crippen LogP contribution in [-0.4, -0.2) is 56.1 Å². The van der Waals surface area contributed by atoms with Crippen molar-refractivity contribution in [3.05, 3.63) is 59.7 Å². The summed E-state index contributed by atoms with van der Waals surface area (Å²) < 4.78 is 20.4. The van der Waals surface area contributed by atoms with E-state index in [1.54, 1.807) is 42.5 Å². The Balaban J connectivity index is 1.72. The van der Waals surface area contributed by atoms with E-state index in [4.69, 9.17) is 18.9 Å². The zero-order valence-corrected chi connectivity index (χ0v) is 19.1. The van der Waals surface area contributed by atoms with Gasteiger partial charge in [-0.15, -0.1) is 0 Å². The lowest BCUT2D eigenvalue weighted by Crippen LogP contribution is -2.49. The summed E-state index contributed by atoms with van der Waals surface area (Å²) in [5, 5.41) is 2.38. The van der Waals surface area contributed by atoms with Crippen LogP contribution in [0, 0.1) is 5.92 Å². The van der Waals surface area contributed by atoms with Crippen molar-refractivity contribution in [3.8, 4) is 11.5 Å².